The Hall–Kier alpha value is -0.750. The molecular formula is C13H24N2O3S. The van der Waals surface area contributed by atoms with Gasteiger partial charge in [-0.3, -0.25) is 9.59 Å². The van der Waals surface area contributed by atoms with Crippen LogP contribution in [-0.2, 0) is 14.3 Å². The lowest BCUT2D eigenvalue weighted by molar-refractivity contribution is -0.147. The molecule has 0 saturated heterocycles. The van der Waals surface area contributed by atoms with E-state index in [0.717, 1.165) is 12.8 Å². The van der Waals surface area contributed by atoms with E-state index in [1.165, 1.54) is 18.9 Å². The molecule has 0 aromatic carbocycles. The molecule has 0 aliphatic heterocycles. The number of thioether (sulfide) groups is 1. The number of methoxy groups -OCH3 is 1. The molecule has 110 valence electrons. The van der Waals surface area contributed by atoms with Crippen molar-refractivity contribution < 1.29 is 14.3 Å². The summed E-state index contributed by atoms with van der Waals surface area (Å²) in [5, 5.41) is 0. The van der Waals surface area contributed by atoms with Crippen LogP contribution in [0.25, 0.3) is 0 Å². The number of nitrogens with zero attached hydrogens (tertiary/aromatic N) is 1. The molecule has 19 heavy (non-hydrogen) atoms. The van der Waals surface area contributed by atoms with Gasteiger partial charge in [0.05, 0.1) is 12.9 Å². The fraction of sp³-hybridized carbons (Fsp3) is 0.846. The van der Waals surface area contributed by atoms with Gasteiger partial charge in [-0.1, -0.05) is 0 Å². The molecule has 0 aromatic rings. The molecular weight excluding hydrogens is 264 g/mol. The van der Waals surface area contributed by atoms with Crippen molar-refractivity contribution >= 4 is 23.6 Å². The third kappa shape index (κ3) is 4.11. The number of ether oxygens (including phenoxy) is 1. The Morgan fingerprint density at radius 3 is 2.37 bits per heavy atom. The van der Waals surface area contributed by atoms with E-state index in [1.54, 1.807) is 4.90 Å². The predicted molar refractivity (Wildman–Crippen MR) is 76.9 cm³/mol. The van der Waals surface area contributed by atoms with Crippen molar-refractivity contribution in [1.82, 2.24) is 4.90 Å². The van der Waals surface area contributed by atoms with Crippen molar-refractivity contribution in [3.05, 3.63) is 0 Å². The van der Waals surface area contributed by atoms with Gasteiger partial charge in [0, 0.05) is 18.8 Å². The average molecular weight is 288 g/mol. The van der Waals surface area contributed by atoms with Crippen LogP contribution in [-0.4, -0.2) is 54.0 Å². The van der Waals surface area contributed by atoms with Gasteiger partial charge in [-0.15, -0.1) is 11.8 Å². The minimum atomic E-state index is -0.928. The van der Waals surface area contributed by atoms with Crippen LogP contribution in [0.15, 0.2) is 0 Å². The fourth-order valence-corrected chi connectivity index (χ4v) is 3.26. The highest BCUT2D eigenvalue weighted by Crippen LogP contribution is 2.40. The Kier molecular flexibility index (Phi) is 6.13. The van der Waals surface area contributed by atoms with Crippen LogP contribution in [0.1, 0.15) is 26.7 Å². The van der Waals surface area contributed by atoms with Crippen LogP contribution in [0.3, 0.4) is 0 Å². The summed E-state index contributed by atoms with van der Waals surface area (Å²) >= 11 is 1.42. The van der Waals surface area contributed by atoms with Crippen LogP contribution in [0, 0.1) is 5.92 Å². The van der Waals surface area contributed by atoms with Crippen LogP contribution < -0.4 is 5.73 Å². The molecule has 0 bridgehead atoms. The number of carbonyl (C=O) groups excluding carboxylic acids is 2. The molecule has 1 fully saturated rings. The van der Waals surface area contributed by atoms with Crippen molar-refractivity contribution in [3.8, 4) is 0 Å². The Morgan fingerprint density at radius 2 is 1.95 bits per heavy atom. The van der Waals surface area contributed by atoms with Gasteiger partial charge in [-0.2, -0.15) is 0 Å². The maximum atomic E-state index is 11.9. The summed E-state index contributed by atoms with van der Waals surface area (Å²) in [6.45, 7) is 5.34. The standard InChI is InChI=1S/C13H24N2O3S/c1-4-15(5-2)11(16)8-19-9-13(14,10-6-7-10)12(17)18-3/h10H,4-9,14H2,1-3H3. The lowest BCUT2D eigenvalue weighted by Gasteiger charge is -2.26. The third-order valence-electron chi connectivity index (χ3n) is 3.55. The first-order chi connectivity index (χ1) is 8.99. The summed E-state index contributed by atoms with van der Waals surface area (Å²) in [6, 6.07) is 0. The van der Waals surface area contributed by atoms with E-state index in [1.807, 2.05) is 13.8 Å². The average Bonchev–Trinajstić information content (AvgIpc) is 3.23. The lowest BCUT2D eigenvalue weighted by atomic mass is 9.97. The van der Waals surface area contributed by atoms with Gasteiger partial charge in [-0.25, -0.2) is 0 Å². The summed E-state index contributed by atoms with van der Waals surface area (Å²) in [4.78, 5) is 25.4. The molecule has 1 aliphatic carbocycles. The summed E-state index contributed by atoms with van der Waals surface area (Å²) in [5.41, 5.74) is 5.24. The quantitative estimate of drug-likeness (QED) is 0.671. The third-order valence-corrected chi connectivity index (χ3v) is 4.69. The van der Waals surface area contributed by atoms with Gasteiger partial charge >= 0.3 is 5.97 Å². The van der Waals surface area contributed by atoms with Gasteiger partial charge in [0.1, 0.15) is 5.54 Å². The van der Waals surface area contributed by atoms with E-state index in [9.17, 15) is 9.59 Å². The van der Waals surface area contributed by atoms with Crippen molar-refractivity contribution in [2.45, 2.75) is 32.2 Å². The Labute approximate surface area is 119 Å². The Bertz CT molecular complexity index is 330. The smallest absolute Gasteiger partial charge is 0.326 e. The Balaban J connectivity index is 2.45. The van der Waals surface area contributed by atoms with Crippen molar-refractivity contribution in [1.29, 1.82) is 0 Å². The van der Waals surface area contributed by atoms with Gasteiger partial charge in [0.2, 0.25) is 5.91 Å². The monoisotopic (exact) mass is 288 g/mol. The van der Waals surface area contributed by atoms with Crippen molar-refractivity contribution in [2.75, 3.05) is 31.7 Å². The second-order valence-electron chi connectivity index (χ2n) is 4.87. The maximum Gasteiger partial charge on any atom is 0.326 e. The molecule has 1 atom stereocenters. The number of hydrogen-bond donors (Lipinski definition) is 1. The predicted octanol–water partition coefficient (Wildman–Crippen LogP) is 0.869. The van der Waals surface area contributed by atoms with E-state index < -0.39 is 5.54 Å². The van der Waals surface area contributed by atoms with Crippen LogP contribution >= 0.6 is 11.8 Å². The first kappa shape index (κ1) is 16.3. The molecule has 0 spiro atoms. The topological polar surface area (TPSA) is 72.6 Å². The first-order valence-corrected chi connectivity index (χ1v) is 7.87. The molecule has 0 heterocycles. The number of hydrogen-bond acceptors (Lipinski definition) is 5. The molecule has 2 N–H and O–H groups in total. The minimum Gasteiger partial charge on any atom is -0.468 e. The summed E-state index contributed by atoms with van der Waals surface area (Å²) in [6.07, 6.45) is 1.94. The Morgan fingerprint density at radius 1 is 1.37 bits per heavy atom. The highest BCUT2D eigenvalue weighted by atomic mass is 32.2. The second-order valence-corrected chi connectivity index (χ2v) is 5.85. The molecule has 1 aliphatic rings. The van der Waals surface area contributed by atoms with Crippen LogP contribution in [0.4, 0.5) is 0 Å². The molecule has 6 heteroatoms. The van der Waals surface area contributed by atoms with Crippen LogP contribution in [0.2, 0.25) is 0 Å². The van der Waals surface area contributed by atoms with E-state index in [-0.39, 0.29) is 17.8 Å². The number of amides is 1. The van der Waals surface area contributed by atoms with Gasteiger partial charge < -0.3 is 15.4 Å². The zero-order chi connectivity index (χ0) is 14.5. The molecule has 1 unspecified atom stereocenters. The lowest BCUT2D eigenvalue weighted by Crippen LogP contribution is -2.53. The largest absolute Gasteiger partial charge is 0.468 e. The van der Waals surface area contributed by atoms with Gasteiger partial charge in [0.15, 0.2) is 0 Å². The van der Waals surface area contributed by atoms with E-state index >= 15 is 0 Å². The van der Waals surface area contributed by atoms with Crippen molar-refractivity contribution in [2.24, 2.45) is 11.7 Å². The van der Waals surface area contributed by atoms with E-state index in [0.29, 0.717) is 24.6 Å². The number of rotatable bonds is 8. The van der Waals surface area contributed by atoms with Gasteiger partial charge in [0.25, 0.3) is 0 Å². The molecule has 0 radical (unpaired) electrons. The molecule has 5 nitrogen and oxygen atoms in total. The van der Waals surface area contributed by atoms with Crippen LogP contribution in [0.5, 0.6) is 0 Å². The second kappa shape index (κ2) is 7.14. The fourth-order valence-electron chi connectivity index (χ4n) is 2.11. The van der Waals surface area contributed by atoms with E-state index in [4.69, 9.17) is 10.5 Å². The normalized spacial score (nSPS) is 17.7. The highest BCUT2D eigenvalue weighted by Gasteiger charge is 2.48. The minimum absolute atomic E-state index is 0.0954. The molecule has 1 rings (SSSR count). The number of esters is 1. The maximum absolute atomic E-state index is 11.9. The number of carbonyl (C=O) groups is 2. The summed E-state index contributed by atoms with van der Waals surface area (Å²) in [7, 11) is 1.36. The van der Waals surface area contributed by atoms with Crippen molar-refractivity contribution in [3.63, 3.8) is 0 Å². The number of nitrogens with two attached hydrogens (primary N) is 1. The SMILES string of the molecule is CCN(CC)C(=O)CSCC(N)(C(=O)OC)C1CC1. The van der Waals surface area contributed by atoms with E-state index in [2.05, 4.69) is 0 Å². The molecule has 0 aromatic heterocycles. The van der Waals surface area contributed by atoms with Gasteiger partial charge in [-0.05, 0) is 32.6 Å². The molecule has 1 saturated carbocycles. The molecule has 1 amide bonds. The summed E-state index contributed by atoms with van der Waals surface area (Å²) in [5.74, 6) is 0.744. The highest BCUT2D eigenvalue weighted by molar-refractivity contribution is 8.00. The zero-order valence-electron chi connectivity index (χ0n) is 12.0. The summed E-state index contributed by atoms with van der Waals surface area (Å²) < 4.78 is 4.79. The zero-order valence-corrected chi connectivity index (χ0v) is 12.8. The first-order valence-electron chi connectivity index (χ1n) is 6.72.